The lowest BCUT2D eigenvalue weighted by atomic mass is 10.1. The minimum absolute atomic E-state index is 0.105. The molecule has 1 N–H and O–H groups in total. The molecule has 0 saturated heterocycles. The molecular weight excluding hydrogens is 262 g/mol. The number of benzene rings is 2. The molecule has 0 aliphatic carbocycles. The van der Waals surface area contributed by atoms with Crippen molar-refractivity contribution < 1.29 is 0 Å². The minimum atomic E-state index is -0.105. The first-order chi connectivity index (χ1) is 10.1. The van der Waals surface area contributed by atoms with Gasteiger partial charge in [0.05, 0.1) is 10.9 Å². The molecule has 4 heteroatoms. The maximum Gasteiger partial charge on any atom is 0.259 e. The van der Waals surface area contributed by atoms with Crippen molar-refractivity contribution in [2.24, 2.45) is 0 Å². The fourth-order valence-corrected chi connectivity index (χ4v) is 2.41. The van der Waals surface area contributed by atoms with Gasteiger partial charge in [0, 0.05) is 25.3 Å². The van der Waals surface area contributed by atoms with Crippen LogP contribution in [0.1, 0.15) is 5.56 Å². The molecule has 0 aliphatic rings. The van der Waals surface area contributed by atoms with Gasteiger partial charge in [-0.2, -0.15) is 0 Å². The van der Waals surface area contributed by atoms with Crippen molar-refractivity contribution in [2.75, 3.05) is 19.0 Å². The Labute approximate surface area is 123 Å². The van der Waals surface area contributed by atoms with Gasteiger partial charge in [-0.1, -0.05) is 12.1 Å². The van der Waals surface area contributed by atoms with Crippen LogP contribution in [0, 0.1) is 6.92 Å². The van der Waals surface area contributed by atoms with Crippen molar-refractivity contribution in [3.63, 3.8) is 0 Å². The molecule has 106 valence electrons. The van der Waals surface area contributed by atoms with E-state index >= 15 is 0 Å². The molecule has 21 heavy (non-hydrogen) atoms. The summed E-state index contributed by atoms with van der Waals surface area (Å²) in [6.07, 6.45) is 0. The van der Waals surface area contributed by atoms with Gasteiger partial charge in [-0.25, -0.2) is 4.98 Å². The number of fused-ring (bicyclic) bond motifs is 1. The molecule has 0 aliphatic heterocycles. The van der Waals surface area contributed by atoms with Gasteiger partial charge in [0.2, 0.25) is 0 Å². The summed E-state index contributed by atoms with van der Waals surface area (Å²) in [5.74, 6) is 0.613. The molecule has 0 spiro atoms. The first kappa shape index (κ1) is 13.4. The van der Waals surface area contributed by atoms with E-state index in [-0.39, 0.29) is 5.56 Å². The van der Waals surface area contributed by atoms with E-state index in [1.165, 1.54) is 0 Å². The van der Waals surface area contributed by atoms with Crippen molar-refractivity contribution in [3.05, 3.63) is 58.4 Å². The molecule has 3 rings (SSSR count). The molecule has 1 aromatic heterocycles. The van der Waals surface area contributed by atoms with E-state index in [1.54, 1.807) is 6.07 Å². The van der Waals surface area contributed by atoms with Crippen molar-refractivity contribution in [1.82, 2.24) is 9.97 Å². The standard InChI is InChI=1S/C17H17N3O/c1-11-10-12(20(2)3)8-9-13(11)16-18-15-7-5-4-6-14(15)17(21)19-16/h4-10H,1-3H3,(H,18,19,21). The van der Waals surface area contributed by atoms with E-state index < -0.39 is 0 Å². The molecule has 0 radical (unpaired) electrons. The van der Waals surface area contributed by atoms with Crippen molar-refractivity contribution in [3.8, 4) is 11.4 Å². The molecule has 0 atom stereocenters. The number of H-pyrrole nitrogens is 1. The smallest absolute Gasteiger partial charge is 0.259 e. The van der Waals surface area contributed by atoms with Crippen molar-refractivity contribution in [1.29, 1.82) is 0 Å². The van der Waals surface area contributed by atoms with E-state index in [1.807, 2.05) is 56.3 Å². The van der Waals surface area contributed by atoms with Gasteiger partial charge in [0.15, 0.2) is 0 Å². The highest BCUT2D eigenvalue weighted by Gasteiger charge is 2.09. The number of aromatic amines is 1. The van der Waals surface area contributed by atoms with Crippen LogP contribution in [0.15, 0.2) is 47.3 Å². The highest BCUT2D eigenvalue weighted by Crippen LogP contribution is 2.24. The molecule has 3 aromatic rings. The maximum atomic E-state index is 12.2. The average Bonchev–Trinajstić information content (AvgIpc) is 2.47. The molecule has 0 amide bonds. The number of hydrogen-bond acceptors (Lipinski definition) is 3. The molecule has 1 heterocycles. The van der Waals surface area contributed by atoms with E-state index in [9.17, 15) is 4.79 Å². The Morgan fingerprint density at radius 3 is 2.57 bits per heavy atom. The molecule has 0 saturated carbocycles. The highest BCUT2D eigenvalue weighted by atomic mass is 16.1. The van der Waals surface area contributed by atoms with Crippen LogP contribution in [0.3, 0.4) is 0 Å². The fourth-order valence-electron chi connectivity index (χ4n) is 2.41. The summed E-state index contributed by atoms with van der Waals surface area (Å²) >= 11 is 0. The quantitative estimate of drug-likeness (QED) is 0.784. The summed E-state index contributed by atoms with van der Waals surface area (Å²) in [6, 6.07) is 13.5. The Bertz CT molecular complexity index is 865. The van der Waals surface area contributed by atoms with Gasteiger partial charge in [-0.15, -0.1) is 0 Å². The lowest BCUT2D eigenvalue weighted by molar-refractivity contribution is 1.12. The Morgan fingerprint density at radius 2 is 1.86 bits per heavy atom. The second-order valence-electron chi connectivity index (χ2n) is 5.33. The molecule has 2 aromatic carbocycles. The third-order valence-electron chi connectivity index (χ3n) is 3.59. The van der Waals surface area contributed by atoms with Crippen LogP contribution >= 0.6 is 0 Å². The van der Waals surface area contributed by atoms with Crippen LogP contribution in [0.2, 0.25) is 0 Å². The summed E-state index contributed by atoms with van der Waals surface area (Å²) in [6.45, 7) is 2.03. The zero-order valence-electron chi connectivity index (χ0n) is 12.3. The zero-order chi connectivity index (χ0) is 15.0. The van der Waals surface area contributed by atoms with Crippen molar-refractivity contribution in [2.45, 2.75) is 6.92 Å². The van der Waals surface area contributed by atoms with E-state index in [0.29, 0.717) is 16.7 Å². The second kappa shape index (κ2) is 5.05. The van der Waals surface area contributed by atoms with Crippen LogP contribution in [0.25, 0.3) is 22.3 Å². The normalized spacial score (nSPS) is 10.8. The Balaban J connectivity index is 2.19. The maximum absolute atomic E-state index is 12.2. The number of aromatic nitrogens is 2. The highest BCUT2D eigenvalue weighted by molar-refractivity contribution is 5.79. The molecule has 4 nitrogen and oxygen atoms in total. The largest absolute Gasteiger partial charge is 0.378 e. The van der Waals surface area contributed by atoms with Gasteiger partial charge < -0.3 is 9.88 Å². The predicted octanol–water partition coefficient (Wildman–Crippen LogP) is 2.96. The lowest BCUT2D eigenvalue weighted by Crippen LogP contribution is -2.11. The van der Waals surface area contributed by atoms with Crippen molar-refractivity contribution >= 4 is 16.6 Å². The van der Waals surface area contributed by atoms with Gasteiger partial charge in [0.25, 0.3) is 5.56 Å². The molecule has 0 unspecified atom stereocenters. The molecule has 0 fully saturated rings. The van der Waals surface area contributed by atoms with Crippen LogP contribution in [0.5, 0.6) is 0 Å². The summed E-state index contributed by atoms with van der Waals surface area (Å²) in [7, 11) is 4.01. The number of nitrogens with zero attached hydrogens (tertiary/aromatic N) is 2. The predicted molar refractivity (Wildman–Crippen MR) is 86.9 cm³/mol. The number of para-hydroxylation sites is 1. The first-order valence-electron chi connectivity index (χ1n) is 6.83. The average molecular weight is 279 g/mol. The summed E-state index contributed by atoms with van der Waals surface area (Å²) in [5.41, 5.74) is 3.77. The zero-order valence-corrected chi connectivity index (χ0v) is 12.3. The topological polar surface area (TPSA) is 49.0 Å². The third-order valence-corrected chi connectivity index (χ3v) is 3.59. The van der Waals surface area contributed by atoms with Gasteiger partial charge in [0.1, 0.15) is 5.82 Å². The number of rotatable bonds is 2. The third kappa shape index (κ3) is 2.40. The van der Waals surface area contributed by atoms with E-state index in [0.717, 1.165) is 16.8 Å². The number of hydrogen-bond donors (Lipinski definition) is 1. The van der Waals surface area contributed by atoms with Gasteiger partial charge in [-0.3, -0.25) is 4.79 Å². The number of anilines is 1. The second-order valence-corrected chi connectivity index (χ2v) is 5.33. The van der Waals surface area contributed by atoms with E-state index in [4.69, 9.17) is 0 Å². The van der Waals surface area contributed by atoms with Gasteiger partial charge in [-0.05, 0) is 42.8 Å². The lowest BCUT2D eigenvalue weighted by Gasteiger charge is -2.15. The Hall–Kier alpha value is -2.62. The van der Waals surface area contributed by atoms with Gasteiger partial charge >= 0.3 is 0 Å². The SMILES string of the molecule is Cc1cc(N(C)C)ccc1-c1nc2ccccc2c(=O)[nH]1. The molecule has 0 bridgehead atoms. The number of nitrogens with one attached hydrogen (secondary N) is 1. The fraction of sp³-hybridized carbons (Fsp3) is 0.176. The minimum Gasteiger partial charge on any atom is -0.378 e. The van der Waals surface area contributed by atoms with E-state index in [2.05, 4.69) is 16.0 Å². The van der Waals surface area contributed by atoms with Crippen LogP contribution in [-0.4, -0.2) is 24.1 Å². The summed E-state index contributed by atoms with van der Waals surface area (Å²) in [5, 5.41) is 0.615. The Morgan fingerprint density at radius 1 is 1.10 bits per heavy atom. The Kier molecular flexibility index (Phi) is 3.22. The van der Waals surface area contributed by atoms with Crippen LogP contribution in [0.4, 0.5) is 5.69 Å². The van der Waals surface area contributed by atoms with Crippen LogP contribution < -0.4 is 10.5 Å². The summed E-state index contributed by atoms with van der Waals surface area (Å²) in [4.78, 5) is 21.7. The summed E-state index contributed by atoms with van der Waals surface area (Å²) < 4.78 is 0. The van der Waals surface area contributed by atoms with Crippen LogP contribution in [-0.2, 0) is 0 Å². The first-order valence-corrected chi connectivity index (χ1v) is 6.83. The number of aryl methyl sites for hydroxylation is 1. The monoisotopic (exact) mass is 279 g/mol. The molecular formula is C17H17N3O.